The summed E-state index contributed by atoms with van der Waals surface area (Å²) in [7, 11) is 0. The molecule has 1 saturated heterocycles. The summed E-state index contributed by atoms with van der Waals surface area (Å²) < 4.78 is 10.8. The van der Waals surface area contributed by atoms with Crippen LogP contribution in [0.5, 0.6) is 5.75 Å². The lowest BCUT2D eigenvalue weighted by atomic mass is 10.1. The molecule has 8 heteroatoms. The number of carbonyl (C=O) groups excluding carboxylic acids is 1. The Balaban J connectivity index is 1.29. The average molecular weight is 391 g/mol. The highest BCUT2D eigenvalue weighted by Gasteiger charge is 2.29. The zero-order valence-electron chi connectivity index (χ0n) is 15.1. The van der Waals surface area contributed by atoms with Crippen LogP contribution < -0.4 is 4.74 Å². The molecule has 27 heavy (non-hydrogen) atoms. The summed E-state index contributed by atoms with van der Waals surface area (Å²) in [6.07, 6.45) is 8.35. The van der Waals surface area contributed by atoms with Crippen molar-refractivity contribution >= 4 is 17.5 Å². The number of aromatic nitrogens is 2. The van der Waals surface area contributed by atoms with Crippen molar-refractivity contribution in [3.8, 4) is 5.75 Å². The van der Waals surface area contributed by atoms with Crippen LogP contribution in [0.2, 0.25) is 5.02 Å². The molecule has 4 rings (SSSR count). The standard InChI is InChI=1S/C19H23ClN4O3/c20-14-9-16(12-21-11-14)26-13-17-10-18(22-27-17)19(25)24-7-5-23(6-8-24)15-3-1-2-4-15/h9-12,15H,1-8,13H2. The summed E-state index contributed by atoms with van der Waals surface area (Å²) in [5.74, 6) is 0.943. The van der Waals surface area contributed by atoms with E-state index in [1.54, 1.807) is 18.3 Å². The first-order valence-corrected chi connectivity index (χ1v) is 9.79. The van der Waals surface area contributed by atoms with E-state index in [9.17, 15) is 4.79 Å². The zero-order chi connectivity index (χ0) is 18.6. The summed E-state index contributed by atoms with van der Waals surface area (Å²) in [6.45, 7) is 3.51. The van der Waals surface area contributed by atoms with E-state index in [1.807, 2.05) is 4.90 Å². The molecule has 2 aromatic heterocycles. The Bertz CT molecular complexity index is 783. The molecule has 2 aliphatic rings. The number of amides is 1. The van der Waals surface area contributed by atoms with E-state index in [-0.39, 0.29) is 12.5 Å². The van der Waals surface area contributed by atoms with E-state index >= 15 is 0 Å². The van der Waals surface area contributed by atoms with E-state index in [4.69, 9.17) is 20.9 Å². The smallest absolute Gasteiger partial charge is 0.276 e. The first-order valence-electron chi connectivity index (χ1n) is 9.41. The monoisotopic (exact) mass is 390 g/mol. The maximum Gasteiger partial charge on any atom is 0.276 e. The van der Waals surface area contributed by atoms with Gasteiger partial charge in [-0.1, -0.05) is 29.6 Å². The Labute approximate surface area is 163 Å². The maximum atomic E-state index is 12.7. The largest absolute Gasteiger partial charge is 0.484 e. The van der Waals surface area contributed by atoms with Gasteiger partial charge in [-0.05, 0) is 12.8 Å². The van der Waals surface area contributed by atoms with Gasteiger partial charge in [-0.3, -0.25) is 14.7 Å². The minimum Gasteiger partial charge on any atom is -0.484 e. The highest BCUT2D eigenvalue weighted by atomic mass is 35.5. The molecule has 1 aliphatic heterocycles. The third-order valence-electron chi connectivity index (χ3n) is 5.28. The maximum absolute atomic E-state index is 12.7. The van der Waals surface area contributed by atoms with Gasteiger partial charge in [-0.25, -0.2) is 0 Å². The number of hydrogen-bond acceptors (Lipinski definition) is 6. The number of carbonyl (C=O) groups is 1. The minimum atomic E-state index is -0.0829. The van der Waals surface area contributed by atoms with Crippen LogP contribution in [-0.4, -0.2) is 58.1 Å². The number of halogens is 1. The highest BCUT2D eigenvalue weighted by Crippen LogP contribution is 2.24. The summed E-state index contributed by atoms with van der Waals surface area (Å²) in [6, 6.07) is 4.02. The van der Waals surface area contributed by atoms with Gasteiger partial charge in [0.2, 0.25) is 0 Å². The van der Waals surface area contributed by atoms with Crippen molar-refractivity contribution in [3.63, 3.8) is 0 Å². The fourth-order valence-electron chi connectivity index (χ4n) is 3.83. The van der Waals surface area contributed by atoms with E-state index < -0.39 is 0 Å². The normalized spacial score (nSPS) is 18.8. The van der Waals surface area contributed by atoms with Gasteiger partial charge in [-0.15, -0.1) is 0 Å². The van der Waals surface area contributed by atoms with Gasteiger partial charge in [0, 0.05) is 50.6 Å². The van der Waals surface area contributed by atoms with Gasteiger partial charge < -0.3 is 14.2 Å². The van der Waals surface area contributed by atoms with Gasteiger partial charge in [0.1, 0.15) is 12.4 Å². The van der Waals surface area contributed by atoms with Gasteiger partial charge in [0.25, 0.3) is 5.91 Å². The predicted molar refractivity (Wildman–Crippen MR) is 99.8 cm³/mol. The second kappa shape index (κ2) is 8.27. The van der Waals surface area contributed by atoms with Crippen molar-refractivity contribution in [2.24, 2.45) is 0 Å². The minimum absolute atomic E-state index is 0.0829. The lowest BCUT2D eigenvalue weighted by molar-refractivity contribution is 0.0564. The van der Waals surface area contributed by atoms with Crippen molar-refractivity contribution in [2.45, 2.75) is 38.3 Å². The number of pyridine rings is 1. The molecule has 0 aromatic carbocycles. The van der Waals surface area contributed by atoms with E-state index in [0.29, 0.717) is 28.3 Å². The van der Waals surface area contributed by atoms with E-state index in [2.05, 4.69) is 15.0 Å². The highest BCUT2D eigenvalue weighted by molar-refractivity contribution is 6.30. The molecule has 2 fully saturated rings. The van der Waals surface area contributed by atoms with Crippen molar-refractivity contribution in [2.75, 3.05) is 26.2 Å². The van der Waals surface area contributed by atoms with E-state index in [0.717, 1.165) is 26.2 Å². The molecule has 3 heterocycles. The summed E-state index contributed by atoms with van der Waals surface area (Å²) in [5.41, 5.74) is 0.326. The molecule has 2 aromatic rings. The number of hydrogen-bond donors (Lipinski definition) is 0. The first kappa shape index (κ1) is 18.3. The molecule has 1 amide bonds. The molecular weight excluding hydrogens is 368 g/mol. The molecule has 0 atom stereocenters. The number of nitrogens with zero attached hydrogens (tertiary/aromatic N) is 4. The zero-order valence-corrected chi connectivity index (χ0v) is 15.9. The average Bonchev–Trinajstić information content (AvgIpc) is 3.38. The molecule has 0 radical (unpaired) electrons. The van der Waals surface area contributed by atoms with Crippen LogP contribution in [0.3, 0.4) is 0 Å². The van der Waals surface area contributed by atoms with Crippen LogP contribution in [0.1, 0.15) is 41.9 Å². The topological polar surface area (TPSA) is 71.7 Å². The molecule has 0 spiro atoms. The quantitative estimate of drug-likeness (QED) is 0.781. The van der Waals surface area contributed by atoms with Crippen molar-refractivity contribution in [1.82, 2.24) is 19.9 Å². The third-order valence-corrected chi connectivity index (χ3v) is 5.49. The third kappa shape index (κ3) is 4.42. The van der Waals surface area contributed by atoms with Crippen LogP contribution in [0.4, 0.5) is 0 Å². The second-order valence-corrected chi connectivity index (χ2v) is 7.51. The van der Waals surface area contributed by atoms with Crippen molar-refractivity contribution < 1.29 is 14.1 Å². The Morgan fingerprint density at radius 2 is 1.96 bits per heavy atom. The van der Waals surface area contributed by atoms with Gasteiger partial charge in [0.05, 0.1) is 11.2 Å². The molecule has 7 nitrogen and oxygen atoms in total. The Morgan fingerprint density at radius 3 is 2.70 bits per heavy atom. The van der Waals surface area contributed by atoms with Crippen LogP contribution in [0.25, 0.3) is 0 Å². The molecule has 1 aliphatic carbocycles. The molecule has 144 valence electrons. The van der Waals surface area contributed by atoms with Crippen LogP contribution in [0, 0.1) is 0 Å². The van der Waals surface area contributed by atoms with Crippen molar-refractivity contribution in [1.29, 1.82) is 0 Å². The fourth-order valence-corrected chi connectivity index (χ4v) is 3.99. The number of ether oxygens (including phenoxy) is 1. The molecule has 0 N–H and O–H groups in total. The SMILES string of the molecule is O=C(c1cc(COc2cncc(Cl)c2)on1)N1CCN(C2CCCC2)CC1. The summed E-state index contributed by atoms with van der Waals surface area (Å²) in [4.78, 5) is 21.0. The van der Waals surface area contributed by atoms with Crippen LogP contribution in [-0.2, 0) is 6.61 Å². The first-order chi connectivity index (χ1) is 13.2. The van der Waals surface area contributed by atoms with Gasteiger partial charge in [-0.2, -0.15) is 0 Å². The summed E-state index contributed by atoms with van der Waals surface area (Å²) in [5, 5.41) is 4.41. The molecule has 0 unspecified atom stereocenters. The number of piperazine rings is 1. The number of rotatable bonds is 5. The van der Waals surface area contributed by atoms with Crippen LogP contribution in [0.15, 0.2) is 29.0 Å². The Kier molecular flexibility index (Phi) is 5.59. The Hall–Kier alpha value is -2.12. The predicted octanol–water partition coefficient (Wildman–Crippen LogP) is 3.00. The van der Waals surface area contributed by atoms with Gasteiger partial charge >= 0.3 is 0 Å². The lowest BCUT2D eigenvalue weighted by Crippen LogP contribution is -2.51. The molecular formula is C19H23ClN4O3. The lowest BCUT2D eigenvalue weighted by Gasteiger charge is -2.37. The van der Waals surface area contributed by atoms with Crippen LogP contribution >= 0.6 is 11.6 Å². The summed E-state index contributed by atoms with van der Waals surface area (Å²) >= 11 is 5.88. The van der Waals surface area contributed by atoms with Crippen molar-refractivity contribution in [3.05, 3.63) is 41.0 Å². The Morgan fingerprint density at radius 1 is 1.19 bits per heavy atom. The molecule has 1 saturated carbocycles. The molecule has 0 bridgehead atoms. The van der Waals surface area contributed by atoms with Gasteiger partial charge in [0.15, 0.2) is 11.5 Å². The second-order valence-electron chi connectivity index (χ2n) is 7.07. The van der Waals surface area contributed by atoms with E-state index in [1.165, 1.54) is 31.9 Å². The fraction of sp³-hybridized carbons (Fsp3) is 0.526.